The summed E-state index contributed by atoms with van der Waals surface area (Å²) in [6, 6.07) is 2.25. The Kier molecular flexibility index (Phi) is 3.56. The largest absolute Gasteiger partial charge is 0.330 e. The Balaban J connectivity index is 0.000000720. The lowest BCUT2D eigenvalue weighted by Crippen LogP contribution is -2.16. The van der Waals surface area contributed by atoms with Gasteiger partial charge in [0.1, 0.15) is 0 Å². The predicted molar refractivity (Wildman–Crippen MR) is 56.3 cm³/mol. The van der Waals surface area contributed by atoms with Gasteiger partial charge in [-0.3, -0.25) is 0 Å². The van der Waals surface area contributed by atoms with Crippen molar-refractivity contribution < 1.29 is 0 Å². The number of hydrogen-bond acceptors (Lipinski definition) is 2. The van der Waals surface area contributed by atoms with Crippen LogP contribution in [0.2, 0.25) is 0 Å². The van der Waals surface area contributed by atoms with E-state index in [9.17, 15) is 0 Å². The lowest BCUT2D eigenvalue weighted by Gasteiger charge is -2.20. The van der Waals surface area contributed by atoms with E-state index in [-0.39, 0.29) is 12.4 Å². The molecule has 2 rings (SSSR count). The van der Waals surface area contributed by atoms with E-state index in [2.05, 4.69) is 11.4 Å². The Morgan fingerprint density at radius 2 is 2.42 bits per heavy atom. The Hall–Kier alpha value is -0.0500. The summed E-state index contributed by atoms with van der Waals surface area (Å²) in [4.78, 5) is 1.55. The first-order valence-corrected chi connectivity index (χ1v) is 5.06. The van der Waals surface area contributed by atoms with Crippen molar-refractivity contribution in [2.75, 3.05) is 6.54 Å². The van der Waals surface area contributed by atoms with Crippen molar-refractivity contribution in [3.8, 4) is 0 Å². The first-order valence-electron chi connectivity index (χ1n) is 4.18. The third kappa shape index (κ3) is 1.65. The van der Waals surface area contributed by atoms with Gasteiger partial charge in [-0.1, -0.05) is 0 Å². The molecule has 12 heavy (non-hydrogen) atoms. The van der Waals surface area contributed by atoms with Gasteiger partial charge in [-0.05, 0) is 42.8 Å². The second-order valence-corrected chi connectivity index (χ2v) is 4.08. The third-order valence-corrected chi connectivity index (χ3v) is 3.56. The molecule has 0 amide bonds. The zero-order valence-corrected chi connectivity index (χ0v) is 8.59. The van der Waals surface area contributed by atoms with Gasteiger partial charge >= 0.3 is 0 Å². The molecule has 1 aromatic rings. The van der Waals surface area contributed by atoms with E-state index in [0.717, 1.165) is 6.54 Å². The molecule has 2 N–H and O–H groups in total. The van der Waals surface area contributed by atoms with Gasteiger partial charge < -0.3 is 5.73 Å². The maximum absolute atomic E-state index is 5.68. The van der Waals surface area contributed by atoms with Crippen molar-refractivity contribution in [1.82, 2.24) is 0 Å². The molecule has 68 valence electrons. The highest BCUT2D eigenvalue weighted by atomic mass is 35.5. The highest BCUT2D eigenvalue weighted by Crippen LogP contribution is 2.34. The van der Waals surface area contributed by atoms with Crippen LogP contribution in [0.15, 0.2) is 11.4 Å². The molecule has 1 unspecified atom stereocenters. The molecule has 1 atom stereocenters. The maximum atomic E-state index is 5.68. The van der Waals surface area contributed by atoms with Gasteiger partial charge in [-0.25, -0.2) is 0 Å². The summed E-state index contributed by atoms with van der Waals surface area (Å²) in [5, 5.41) is 2.19. The zero-order valence-electron chi connectivity index (χ0n) is 6.95. The summed E-state index contributed by atoms with van der Waals surface area (Å²) >= 11 is 1.88. The maximum Gasteiger partial charge on any atom is 0.0121 e. The molecule has 1 nitrogen and oxygen atoms in total. The zero-order chi connectivity index (χ0) is 7.68. The highest BCUT2D eigenvalue weighted by Gasteiger charge is 2.19. The van der Waals surface area contributed by atoms with Crippen LogP contribution in [0, 0.1) is 0 Å². The minimum Gasteiger partial charge on any atom is -0.330 e. The topological polar surface area (TPSA) is 26.0 Å². The fourth-order valence-electron chi connectivity index (χ4n) is 1.81. The van der Waals surface area contributed by atoms with E-state index in [1.165, 1.54) is 19.3 Å². The van der Waals surface area contributed by atoms with E-state index in [4.69, 9.17) is 5.73 Å². The molecule has 0 aliphatic heterocycles. The monoisotopic (exact) mass is 203 g/mol. The summed E-state index contributed by atoms with van der Waals surface area (Å²) in [6.45, 7) is 0.827. The number of rotatable bonds is 1. The van der Waals surface area contributed by atoms with E-state index >= 15 is 0 Å². The predicted octanol–water partition coefficient (Wildman–Crippen LogP) is 2.55. The molecule has 1 aliphatic rings. The smallest absolute Gasteiger partial charge is 0.0121 e. The minimum absolute atomic E-state index is 0. The molecular weight excluding hydrogens is 190 g/mol. The molecule has 0 spiro atoms. The fourth-order valence-corrected chi connectivity index (χ4v) is 2.91. The summed E-state index contributed by atoms with van der Waals surface area (Å²) in [5.41, 5.74) is 7.24. The Morgan fingerprint density at radius 3 is 3.17 bits per heavy atom. The number of fused-ring (bicyclic) bond motifs is 1. The molecular formula is C9H14ClNS. The van der Waals surface area contributed by atoms with Gasteiger partial charge in [0.25, 0.3) is 0 Å². The molecule has 0 radical (unpaired) electrons. The Labute approximate surface area is 83.4 Å². The molecule has 0 fully saturated rings. The molecule has 1 heterocycles. The first-order chi connectivity index (χ1) is 5.42. The van der Waals surface area contributed by atoms with Crippen LogP contribution in [0.3, 0.4) is 0 Å². The van der Waals surface area contributed by atoms with Gasteiger partial charge in [-0.15, -0.1) is 23.7 Å². The second kappa shape index (κ2) is 4.26. The number of thiophene rings is 1. The Morgan fingerprint density at radius 1 is 1.58 bits per heavy atom. The fraction of sp³-hybridized carbons (Fsp3) is 0.556. The summed E-state index contributed by atoms with van der Waals surface area (Å²) in [7, 11) is 0. The van der Waals surface area contributed by atoms with Crippen LogP contribution in [-0.2, 0) is 6.42 Å². The van der Waals surface area contributed by atoms with Gasteiger partial charge in [-0.2, -0.15) is 0 Å². The van der Waals surface area contributed by atoms with E-state index in [1.54, 1.807) is 10.4 Å². The van der Waals surface area contributed by atoms with Crippen molar-refractivity contribution in [2.45, 2.75) is 25.2 Å². The van der Waals surface area contributed by atoms with Crippen LogP contribution in [-0.4, -0.2) is 6.54 Å². The van der Waals surface area contributed by atoms with Crippen molar-refractivity contribution >= 4 is 23.7 Å². The average molecular weight is 204 g/mol. The number of nitrogens with two attached hydrogens (primary N) is 1. The van der Waals surface area contributed by atoms with Crippen LogP contribution in [0.1, 0.15) is 29.2 Å². The van der Waals surface area contributed by atoms with Gasteiger partial charge in [0.2, 0.25) is 0 Å². The number of halogens is 1. The van der Waals surface area contributed by atoms with Crippen LogP contribution >= 0.6 is 23.7 Å². The average Bonchev–Trinajstić information content (AvgIpc) is 2.50. The minimum atomic E-state index is 0. The molecule has 1 aromatic heterocycles. The highest BCUT2D eigenvalue weighted by molar-refractivity contribution is 7.10. The van der Waals surface area contributed by atoms with Crippen molar-refractivity contribution in [3.05, 3.63) is 21.9 Å². The molecule has 3 heteroatoms. The van der Waals surface area contributed by atoms with E-state index < -0.39 is 0 Å². The lowest BCUT2D eigenvalue weighted by atomic mass is 9.90. The van der Waals surface area contributed by atoms with Crippen LogP contribution in [0.25, 0.3) is 0 Å². The van der Waals surface area contributed by atoms with E-state index in [1.807, 2.05) is 11.3 Å². The Bertz CT molecular complexity index is 246. The molecule has 0 saturated carbocycles. The third-order valence-electron chi connectivity index (χ3n) is 2.43. The van der Waals surface area contributed by atoms with Crippen molar-refractivity contribution in [2.24, 2.45) is 5.73 Å². The molecule has 0 aromatic carbocycles. The molecule has 0 bridgehead atoms. The first kappa shape index (κ1) is 10.0. The van der Waals surface area contributed by atoms with Gasteiger partial charge in [0.15, 0.2) is 0 Å². The molecule has 0 saturated heterocycles. The molecule has 1 aliphatic carbocycles. The van der Waals surface area contributed by atoms with Crippen LogP contribution in [0.4, 0.5) is 0 Å². The lowest BCUT2D eigenvalue weighted by molar-refractivity contribution is 0.571. The number of hydrogen-bond donors (Lipinski definition) is 1. The SMILES string of the molecule is Cl.NCC1CCCc2ccsc21. The second-order valence-electron chi connectivity index (χ2n) is 3.13. The standard InChI is InChI=1S/C9H13NS.ClH/c10-6-8-3-1-2-7-4-5-11-9(7)8;/h4-5,8H,1-3,6,10H2;1H. The summed E-state index contributed by atoms with van der Waals surface area (Å²) in [6.07, 6.45) is 3.89. The van der Waals surface area contributed by atoms with Crippen LogP contribution < -0.4 is 5.73 Å². The van der Waals surface area contributed by atoms with Crippen molar-refractivity contribution in [1.29, 1.82) is 0 Å². The summed E-state index contributed by atoms with van der Waals surface area (Å²) in [5.74, 6) is 0.666. The van der Waals surface area contributed by atoms with Crippen molar-refractivity contribution in [3.63, 3.8) is 0 Å². The van der Waals surface area contributed by atoms with Crippen LogP contribution in [0.5, 0.6) is 0 Å². The van der Waals surface area contributed by atoms with Gasteiger partial charge in [0, 0.05) is 10.8 Å². The van der Waals surface area contributed by atoms with Gasteiger partial charge in [0.05, 0.1) is 0 Å². The number of aryl methyl sites for hydroxylation is 1. The summed E-state index contributed by atoms with van der Waals surface area (Å²) < 4.78 is 0. The van der Waals surface area contributed by atoms with E-state index in [0.29, 0.717) is 5.92 Å². The quantitative estimate of drug-likeness (QED) is 0.746. The normalized spacial score (nSPS) is 21.2.